The number of carbonyl (C=O) groups is 1. The number of ether oxygens (including phenoxy) is 2. The lowest BCUT2D eigenvalue weighted by atomic mass is 10.0. The molecule has 162 valence electrons. The van der Waals surface area contributed by atoms with Crippen molar-refractivity contribution < 1.29 is 14.3 Å². The molecular weight excluding hydrogens is 382 g/mol. The maximum Gasteiger partial charge on any atom is 0.410 e. The maximum absolute atomic E-state index is 12.3. The number of hydrogen-bond donors (Lipinski definition) is 0. The van der Waals surface area contributed by atoms with Crippen molar-refractivity contribution in [2.75, 3.05) is 19.7 Å². The van der Waals surface area contributed by atoms with Gasteiger partial charge in [0, 0.05) is 26.2 Å². The normalized spacial score (nSPS) is 23.5. The van der Waals surface area contributed by atoms with Gasteiger partial charge in [-0.1, -0.05) is 0 Å². The lowest BCUT2D eigenvalue weighted by Gasteiger charge is -2.25. The quantitative estimate of drug-likeness (QED) is 0.763. The fourth-order valence-corrected chi connectivity index (χ4v) is 4.68. The van der Waals surface area contributed by atoms with Crippen molar-refractivity contribution in [1.82, 2.24) is 24.9 Å². The third-order valence-electron chi connectivity index (χ3n) is 5.97. The van der Waals surface area contributed by atoms with Crippen molar-refractivity contribution in [2.45, 2.75) is 46.1 Å². The lowest BCUT2D eigenvalue weighted by molar-refractivity contribution is 0.0276. The van der Waals surface area contributed by atoms with Crippen LogP contribution in [-0.2, 0) is 11.8 Å². The molecule has 4 rings (SSSR count). The molecule has 1 saturated carbocycles. The van der Waals surface area contributed by atoms with Crippen LogP contribution in [0.3, 0.4) is 0 Å². The molecule has 2 aliphatic rings. The molecule has 0 N–H and O–H groups in total. The molecule has 0 bridgehead atoms. The van der Waals surface area contributed by atoms with Gasteiger partial charge in [0.25, 0.3) is 0 Å². The van der Waals surface area contributed by atoms with Crippen LogP contribution in [0.5, 0.6) is 5.88 Å². The van der Waals surface area contributed by atoms with E-state index in [4.69, 9.17) is 9.47 Å². The summed E-state index contributed by atoms with van der Waals surface area (Å²) in [6.07, 6.45) is 3.78. The van der Waals surface area contributed by atoms with E-state index in [1.54, 1.807) is 4.68 Å². The maximum atomic E-state index is 12.3. The Labute approximate surface area is 177 Å². The summed E-state index contributed by atoms with van der Waals surface area (Å²) in [5.74, 6) is 2.10. The summed E-state index contributed by atoms with van der Waals surface area (Å²) in [6, 6.07) is 3.79. The van der Waals surface area contributed by atoms with Gasteiger partial charge < -0.3 is 14.4 Å². The van der Waals surface area contributed by atoms with Crippen LogP contribution in [0.2, 0.25) is 0 Å². The third-order valence-corrected chi connectivity index (χ3v) is 5.97. The monoisotopic (exact) mass is 413 g/mol. The van der Waals surface area contributed by atoms with Crippen molar-refractivity contribution in [3.63, 3.8) is 0 Å². The second-order valence-corrected chi connectivity index (χ2v) is 9.61. The summed E-state index contributed by atoms with van der Waals surface area (Å²) in [4.78, 5) is 14.2. The van der Waals surface area contributed by atoms with Gasteiger partial charge in [0.15, 0.2) is 0 Å². The Kier molecular flexibility index (Phi) is 5.42. The topological polar surface area (TPSA) is 82.4 Å². The Morgan fingerprint density at radius 2 is 1.87 bits per heavy atom. The molecule has 1 amide bonds. The molecule has 1 aliphatic carbocycles. The SMILES string of the molecule is Cc1cnn(C)c1-c1ccc(OCC2CC3CN(C(=O)OC(C)(C)C)CC3C2)nn1. The number of rotatable bonds is 4. The first kappa shape index (κ1) is 20.6. The number of nitrogens with zero attached hydrogens (tertiary/aromatic N) is 5. The van der Waals surface area contributed by atoms with Crippen molar-refractivity contribution in [3.8, 4) is 17.3 Å². The molecular formula is C22H31N5O3. The van der Waals surface area contributed by atoms with Crippen LogP contribution in [0.25, 0.3) is 11.4 Å². The van der Waals surface area contributed by atoms with Crippen LogP contribution in [-0.4, -0.2) is 56.3 Å². The van der Waals surface area contributed by atoms with E-state index in [0.717, 1.165) is 42.9 Å². The van der Waals surface area contributed by atoms with Gasteiger partial charge in [-0.15, -0.1) is 10.2 Å². The fraction of sp³-hybridized carbons (Fsp3) is 0.636. The van der Waals surface area contributed by atoms with Gasteiger partial charge in [-0.2, -0.15) is 5.10 Å². The summed E-state index contributed by atoms with van der Waals surface area (Å²) < 4.78 is 13.2. The van der Waals surface area contributed by atoms with Gasteiger partial charge in [-0.05, 0) is 69.9 Å². The van der Waals surface area contributed by atoms with Crippen molar-refractivity contribution in [3.05, 3.63) is 23.9 Å². The van der Waals surface area contributed by atoms with Crippen molar-refractivity contribution in [2.24, 2.45) is 24.8 Å². The molecule has 2 atom stereocenters. The first-order chi connectivity index (χ1) is 14.2. The van der Waals surface area contributed by atoms with Crippen LogP contribution in [0.1, 0.15) is 39.2 Å². The molecule has 0 radical (unpaired) electrons. The van der Waals surface area contributed by atoms with Crippen LogP contribution in [0.15, 0.2) is 18.3 Å². The van der Waals surface area contributed by atoms with E-state index < -0.39 is 5.60 Å². The fourth-order valence-electron chi connectivity index (χ4n) is 4.68. The average Bonchev–Trinajstić information content (AvgIpc) is 3.32. The van der Waals surface area contributed by atoms with Gasteiger partial charge in [0.1, 0.15) is 11.3 Å². The predicted octanol–water partition coefficient (Wildman–Crippen LogP) is 3.46. The summed E-state index contributed by atoms with van der Waals surface area (Å²) in [5, 5.41) is 12.8. The molecule has 0 aromatic carbocycles. The van der Waals surface area contributed by atoms with E-state index in [1.165, 1.54) is 0 Å². The summed E-state index contributed by atoms with van der Waals surface area (Å²) in [6.45, 7) is 9.93. The summed E-state index contributed by atoms with van der Waals surface area (Å²) in [5.41, 5.74) is 2.38. The highest BCUT2D eigenvalue weighted by Crippen LogP contribution is 2.42. The predicted molar refractivity (Wildman–Crippen MR) is 112 cm³/mol. The lowest BCUT2D eigenvalue weighted by Crippen LogP contribution is -2.36. The summed E-state index contributed by atoms with van der Waals surface area (Å²) >= 11 is 0. The van der Waals surface area contributed by atoms with Gasteiger partial charge in [-0.3, -0.25) is 4.68 Å². The van der Waals surface area contributed by atoms with E-state index in [9.17, 15) is 4.79 Å². The first-order valence-corrected chi connectivity index (χ1v) is 10.6. The number of hydrogen-bond acceptors (Lipinski definition) is 6. The molecule has 2 fully saturated rings. The van der Waals surface area contributed by atoms with Crippen LogP contribution in [0, 0.1) is 24.7 Å². The molecule has 8 nitrogen and oxygen atoms in total. The number of fused-ring (bicyclic) bond motifs is 1. The Bertz CT molecular complexity index is 869. The Balaban J connectivity index is 1.26. The van der Waals surface area contributed by atoms with Gasteiger partial charge >= 0.3 is 6.09 Å². The minimum atomic E-state index is -0.447. The zero-order valence-electron chi connectivity index (χ0n) is 18.5. The second kappa shape index (κ2) is 7.89. The van der Waals surface area contributed by atoms with Gasteiger partial charge in [0.05, 0.1) is 18.5 Å². The molecule has 2 unspecified atom stereocenters. The minimum absolute atomic E-state index is 0.191. The Morgan fingerprint density at radius 1 is 1.17 bits per heavy atom. The number of amides is 1. The molecule has 0 spiro atoms. The number of carbonyl (C=O) groups excluding carboxylic acids is 1. The third kappa shape index (κ3) is 4.42. The van der Waals surface area contributed by atoms with E-state index in [-0.39, 0.29) is 6.09 Å². The highest BCUT2D eigenvalue weighted by atomic mass is 16.6. The molecule has 2 aromatic heterocycles. The molecule has 3 heterocycles. The van der Waals surface area contributed by atoms with Gasteiger partial charge in [0.2, 0.25) is 5.88 Å². The zero-order valence-corrected chi connectivity index (χ0v) is 18.5. The Hall–Kier alpha value is -2.64. The molecule has 8 heteroatoms. The standard InChI is InChI=1S/C22H31N5O3/c1-14-10-23-26(5)20(14)18-6-7-19(25-24-18)29-13-15-8-16-11-27(12-17(16)9-15)21(28)30-22(2,3)4/h6-7,10,15-17H,8-9,11-13H2,1-5H3. The van der Waals surface area contributed by atoms with Crippen LogP contribution in [0.4, 0.5) is 4.79 Å². The van der Waals surface area contributed by atoms with E-state index in [0.29, 0.717) is 30.2 Å². The zero-order chi connectivity index (χ0) is 21.5. The summed E-state index contributed by atoms with van der Waals surface area (Å²) in [7, 11) is 1.90. The number of aryl methyl sites for hydroxylation is 2. The number of likely N-dealkylation sites (tertiary alicyclic amines) is 1. The van der Waals surface area contributed by atoms with Crippen molar-refractivity contribution >= 4 is 6.09 Å². The second-order valence-electron chi connectivity index (χ2n) is 9.61. The minimum Gasteiger partial charge on any atom is -0.476 e. The van der Waals surface area contributed by atoms with Crippen LogP contribution >= 0.6 is 0 Å². The van der Waals surface area contributed by atoms with Crippen LogP contribution < -0.4 is 4.74 Å². The van der Waals surface area contributed by atoms with E-state index in [2.05, 4.69) is 15.3 Å². The highest BCUT2D eigenvalue weighted by molar-refractivity contribution is 5.68. The molecule has 1 aliphatic heterocycles. The highest BCUT2D eigenvalue weighted by Gasteiger charge is 2.43. The average molecular weight is 414 g/mol. The van der Waals surface area contributed by atoms with E-state index >= 15 is 0 Å². The van der Waals surface area contributed by atoms with Gasteiger partial charge in [-0.25, -0.2) is 4.79 Å². The largest absolute Gasteiger partial charge is 0.476 e. The molecule has 1 saturated heterocycles. The first-order valence-electron chi connectivity index (χ1n) is 10.6. The van der Waals surface area contributed by atoms with E-state index in [1.807, 2.05) is 58.0 Å². The van der Waals surface area contributed by atoms with Crippen molar-refractivity contribution in [1.29, 1.82) is 0 Å². The molecule has 30 heavy (non-hydrogen) atoms. The Morgan fingerprint density at radius 3 is 2.40 bits per heavy atom. The number of aromatic nitrogens is 4. The molecule has 2 aromatic rings. The smallest absolute Gasteiger partial charge is 0.410 e.